The molecular formula is C9H11NO2S. The van der Waals surface area contributed by atoms with Gasteiger partial charge < -0.3 is 10.5 Å². The molecule has 0 bridgehead atoms. The third kappa shape index (κ3) is 1.47. The highest BCUT2D eigenvalue weighted by Gasteiger charge is 2.41. The van der Waals surface area contributed by atoms with E-state index in [2.05, 4.69) is 4.74 Å². The smallest absolute Gasteiger partial charge is 0.338 e. The number of ether oxygens (including phenoxy) is 1. The Morgan fingerprint density at radius 2 is 2.38 bits per heavy atom. The molecule has 70 valence electrons. The number of carbonyl (C=O) groups is 1. The molecule has 1 aliphatic carbocycles. The van der Waals surface area contributed by atoms with Gasteiger partial charge in [0.25, 0.3) is 0 Å². The van der Waals surface area contributed by atoms with Crippen LogP contribution in [0.25, 0.3) is 0 Å². The van der Waals surface area contributed by atoms with Crippen molar-refractivity contribution >= 4 is 17.3 Å². The first kappa shape index (κ1) is 8.72. The molecule has 1 aliphatic rings. The maximum Gasteiger partial charge on any atom is 0.338 e. The fraction of sp³-hybridized carbons (Fsp3) is 0.444. The van der Waals surface area contributed by atoms with Crippen molar-refractivity contribution in [2.75, 3.05) is 7.11 Å². The number of thiophene rings is 1. The average molecular weight is 197 g/mol. The number of hydrogen-bond donors (Lipinski definition) is 1. The van der Waals surface area contributed by atoms with E-state index in [-0.39, 0.29) is 11.5 Å². The lowest BCUT2D eigenvalue weighted by molar-refractivity contribution is 0.0601. The van der Waals surface area contributed by atoms with E-state index in [1.54, 1.807) is 5.38 Å². The summed E-state index contributed by atoms with van der Waals surface area (Å²) in [4.78, 5) is 12.2. The van der Waals surface area contributed by atoms with E-state index in [1.807, 2.05) is 6.07 Å². The van der Waals surface area contributed by atoms with Gasteiger partial charge in [-0.1, -0.05) is 0 Å². The summed E-state index contributed by atoms with van der Waals surface area (Å²) in [6.45, 7) is 0. The Morgan fingerprint density at radius 3 is 2.92 bits per heavy atom. The van der Waals surface area contributed by atoms with Crippen LogP contribution in [-0.2, 0) is 10.3 Å². The summed E-state index contributed by atoms with van der Waals surface area (Å²) in [5.74, 6) is -0.285. The average Bonchev–Trinajstić information content (AvgIpc) is 2.72. The molecule has 0 unspecified atom stereocenters. The van der Waals surface area contributed by atoms with E-state index in [0.29, 0.717) is 5.56 Å². The Balaban J connectivity index is 2.23. The van der Waals surface area contributed by atoms with Crippen molar-refractivity contribution in [1.82, 2.24) is 0 Å². The molecule has 0 radical (unpaired) electrons. The molecule has 0 spiro atoms. The molecule has 0 aromatic carbocycles. The third-order valence-electron chi connectivity index (χ3n) is 2.30. The molecule has 0 amide bonds. The summed E-state index contributed by atoms with van der Waals surface area (Å²) >= 11 is 1.54. The lowest BCUT2D eigenvalue weighted by Gasteiger charge is -2.02. The van der Waals surface area contributed by atoms with Crippen molar-refractivity contribution in [3.63, 3.8) is 0 Å². The minimum absolute atomic E-state index is 0.142. The second-order valence-corrected chi connectivity index (χ2v) is 4.26. The molecule has 3 nitrogen and oxygen atoms in total. The first-order chi connectivity index (χ1) is 6.15. The fourth-order valence-corrected chi connectivity index (χ4v) is 2.26. The Labute approximate surface area is 80.5 Å². The van der Waals surface area contributed by atoms with Crippen LogP contribution in [0.2, 0.25) is 0 Å². The van der Waals surface area contributed by atoms with Crippen molar-refractivity contribution in [2.24, 2.45) is 5.73 Å². The Kier molecular flexibility index (Phi) is 1.89. The van der Waals surface area contributed by atoms with E-state index in [1.165, 1.54) is 18.4 Å². The number of rotatable bonds is 2. The van der Waals surface area contributed by atoms with E-state index < -0.39 is 0 Å². The lowest BCUT2D eigenvalue weighted by atomic mass is 10.2. The van der Waals surface area contributed by atoms with Crippen LogP contribution in [0.5, 0.6) is 0 Å². The van der Waals surface area contributed by atoms with Crippen LogP contribution in [0.3, 0.4) is 0 Å². The van der Waals surface area contributed by atoms with Gasteiger partial charge in [0.15, 0.2) is 0 Å². The number of esters is 1. The number of methoxy groups -OCH3 is 1. The number of nitrogens with two attached hydrogens (primary N) is 1. The second-order valence-electron chi connectivity index (χ2n) is 3.35. The van der Waals surface area contributed by atoms with Crippen LogP contribution in [-0.4, -0.2) is 13.1 Å². The molecule has 0 saturated heterocycles. The third-order valence-corrected chi connectivity index (χ3v) is 3.45. The van der Waals surface area contributed by atoms with Crippen LogP contribution in [0.15, 0.2) is 11.4 Å². The maximum absolute atomic E-state index is 11.1. The van der Waals surface area contributed by atoms with Gasteiger partial charge in [0, 0.05) is 10.3 Å². The highest BCUT2D eigenvalue weighted by Crippen LogP contribution is 2.45. The Hall–Kier alpha value is -0.870. The minimum Gasteiger partial charge on any atom is -0.465 e. The molecule has 2 rings (SSSR count). The molecular weight excluding hydrogens is 186 g/mol. The van der Waals surface area contributed by atoms with Crippen molar-refractivity contribution in [3.8, 4) is 0 Å². The zero-order chi connectivity index (χ0) is 9.47. The lowest BCUT2D eigenvalue weighted by Crippen LogP contribution is -2.16. The zero-order valence-corrected chi connectivity index (χ0v) is 8.19. The zero-order valence-electron chi connectivity index (χ0n) is 7.37. The van der Waals surface area contributed by atoms with Gasteiger partial charge in [0.05, 0.1) is 18.2 Å². The number of hydrogen-bond acceptors (Lipinski definition) is 4. The van der Waals surface area contributed by atoms with Gasteiger partial charge in [-0.05, 0) is 18.9 Å². The topological polar surface area (TPSA) is 52.3 Å². The predicted octanol–water partition coefficient (Wildman–Crippen LogP) is 1.48. The molecule has 4 heteroatoms. The van der Waals surface area contributed by atoms with E-state index in [0.717, 1.165) is 17.7 Å². The molecule has 1 aromatic heterocycles. The molecule has 0 atom stereocenters. The van der Waals surface area contributed by atoms with E-state index >= 15 is 0 Å². The maximum atomic E-state index is 11.1. The normalized spacial score (nSPS) is 18.3. The van der Waals surface area contributed by atoms with Gasteiger partial charge in [0.2, 0.25) is 0 Å². The van der Waals surface area contributed by atoms with E-state index in [4.69, 9.17) is 5.73 Å². The van der Waals surface area contributed by atoms with Crippen LogP contribution in [0.1, 0.15) is 28.1 Å². The summed E-state index contributed by atoms with van der Waals surface area (Å²) in [6.07, 6.45) is 2.04. The van der Waals surface area contributed by atoms with Crippen LogP contribution < -0.4 is 5.73 Å². The van der Waals surface area contributed by atoms with Crippen LogP contribution in [0.4, 0.5) is 0 Å². The van der Waals surface area contributed by atoms with Crippen molar-refractivity contribution in [1.29, 1.82) is 0 Å². The van der Waals surface area contributed by atoms with E-state index in [9.17, 15) is 4.79 Å². The SMILES string of the molecule is COC(=O)c1csc(C2(N)CC2)c1. The highest BCUT2D eigenvalue weighted by molar-refractivity contribution is 7.10. The van der Waals surface area contributed by atoms with Gasteiger partial charge in [-0.2, -0.15) is 0 Å². The van der Waals surface area contributed by atoms with Gasteiger partial charge in [-0.25, -0.2) is 4.79 Å². The van der Waals surface area contributed by atoms with Crippen LogP contribution >= 0.6 is 11.3 Å². The monoisotopic (exact) mass is 197 g/mol. The van der Waals surface area contributed by atoms with Crippen molar-refractivity contribution < 1.29 is 9.53 Å². The summed E-state index contributed by atoms with van der Waals surface area (Å²) in [5, 5.41) is 1.80. The summed E-state index contributed by atoms with van der Waals surface area (Å²) in [7, 11) is 1.38. The molecule has 1 saturated carbocycles. The van der Waals surface area contributed by atoms with Crippen molar-refractivity contribution in [2.45, 2.75) is 18.4 Å². The van der Waals surface area contributed by atoms with Gasteiger partial charge in [0.1, 0.15) is 0 Å². The van der Waals surface area contributed by atoms with Gasteiger partial charge in [-0.3, -0.25) is 0 Å². The standard InChI is InChI=1S/C9H11NO2S/c1-12-8(11)6-4-7(13-5-6)9(10)2-3-9/h4-5H,2-3,10H2,1H3. The second kappa shape index (κ2) is 2.82. The molecule has 0 aliphatic heterocycles. The predicted molar refractivity (Wildman–Crippen MR) is 50.8 cm³/mol. The summed E-state index contributed by atoms with van der Waals surface area (Å²) in [5.41, 5.74) is 6.45. The quantitative estimate of drug-likeness (QED) is 0.731. The first-order valence-corrected chi connectivity index (χ1v) is 5.00. The molecule has 2 N–H and O–H groups in total. The first-order valence-electron chi connectivity index (χ1n) is 4.12. The fourth-order valence-electron chi connectivity index (χ4n) is 1.20. The molecule has 1 fully saturated rings. The summed E-state index contributed by atoms with van der Waals surface area (Å²) < 4.78 is 4.61. The summed E-state index contributed by atoms with van der Waals surface area (Å²) in [6, 6.07) is 1.84. The Bertz CT molecular complexity index is 341. The Morgan fingerprint density at radius 1 is 1.69 bits per heavy atom. The highest BCUT2D eigenvalue weighted by atomic mass is 32.1. The molecule has 1 heterocycles. The van der Waals surface area contributed by atoms with Crippen molar-refractivity contribution in [3.05, 3.63) is 21.9 Å². The van der Waals surface area contributed by atoms with Crippen LogP contribution in [0, 0.1) is 0 Å². The molecule has 13 heavy (non-hydrogen) atoms. The minimum atomic E-state index is -0.285. The molecule has 1 aromatic rings. The van der Waals surface area contributed by atoms with Gasteiger partial charge >= 0.3 is 5.97 Å². The number of carbonyl (C=O) groups excluding carboxylic acids is 1. The largest absolute Gasteiger partial charge is 0.465 e. The van der Waals surface area contributed by atoms with Gasteiger partial charge in [-0.15, -0.1) is 11.3 Å².